The predicted octanol–water partition coefficient (Wildman–Crippen LogP) is 3.26. The summed E-state index contributed by atoms with van der Waals surface area (Å²) < 4.78 is 1.92. The molecule has 2 fully saturated rings. The standard InChI is InChI=1S/C19H25N3OS/c1-21-8-3-16(13-21)18(23)20-17-2-5-19(17)6-9-22(10-7-19)12-15-4-11-24-14-15/h3-4,8,11,13-14,17H,2,5-7,9-10,12H2,1H3,(H,20,23). The molecule has 0 bridgehead atoms. The van der Waals surface area contributed by atoms with Gasteiger partial charge < -0.3 is 9.88 Å². The Morgan fingerprint density at radius 3 is 2.75 bits per heavy atom. The van der Waals surface area contributed by atoms with Crippen molar-refractivity contribution in [1.29, 1.82) is 0 Å². The Labute approximate surface area is 147 Å². The van der Waals surface area contributed by atoms with Gasteiger partial charge in [0.1, 0.15) is 0 Å². The minimum Gasteiger partial charge on any atom is -0.356 e. The van der Waals surface area contributed by atoms with E-state index < -0.39 is 0 Å². The number of hydrogen-bond acceptors (Lipinski definition) is 3. The van der Waals surface area contributed by atoms with Gasteiger partial charge in [-0.3, -0.25) is 9.69 Å². The third kappa shape index (κ3) is 3.03. The second kappa shape index (κ2) is 6.37. The Morgan fingerprint density at radius 1 is 1.33 bits per heavy atom. The number of piperidine rings is 1. The summed E-state index contributed by atoms with van der Waals surface area (Å²) in [4.78, 5) is 15.0. The molecule has 24 heavy (non-hydrogen) atoms. The first-order valence-electron chi connectivity index (χ1n) is 8.81. The van der Waals surface area contributed by atoms with Gasteiger partial charge in [-0.2, -0.15) is 11.3 Å². The number of nitrogens with zero attached hydrogens (tertiary/aromatic N) is 2. The van der Waals surface area contributed by atoms with Crippen LogP contribution in [0.1, 0.15) is 41.6 Å². The van der Waals surface area contributed by atoms with E-state index >= 15 is 0 Å². The Balaban J connectivity index is 1.32. The lowest BCUT2D eigenvalue weighted by atomic mass is 9.59. The highest BCUT2D eigenvalue weighted by Crippen LogP contribution is 2.49. The van der Waals surface area contributed by atoms with Crippen LogP contribution in [0.25, 0.3) is 0 Å². The van der Waals surface area contributed by atoms with E-state index in [0.717, 1.165) is 31.6 Å². The highest BCUT2D eigenvalue weighted by atomic mass is 32.1. The van der Waals surface area contributed by atoms with E-state index in [1.54, 1.807) is 11.3 Å². The van der Waals surface area contributed by atoms with Crippen LogP contribution in [-0.2, 0) is 13.6 Å². The van der Waals surface area contributed by atoms with Crippen LogP contribution in [0, 0.1) is 5.41 Å². The molecule has 5 heteroatoms. The van der Waals surface area contributed by atoms with Gasteiger partial charge in [0.2, 0.25) is 0 Å². The summed E-state index contributed by atoms with van der Waals surface area (Å²) in [5, 5.41) is 7.70. The molecule has 3 heterocycles. The topological polar surface area (TPSA) is 37.3 Å². The molecule has 1 atom stereocenters. The van der Waals surface area contributed by atoms with Crippen molar-refractivity contribution in [3.8, 4) is 0 Å². The van der Waals surface area contributed by atoms with E-state index in [4.69, 9.17) is 0 Å². The molecule has 4 rings (SSSR count). The molecular weight excluding hydrogens is 318 g/mol. The van der Waals surface area contributed by atoms with Crippen LogP contribution < -0.4 is 5.32 Å². The lowest BCUT2D eigenvalue weighted by Gasteiger charge is -2.54. The highest BCUT2D eigenvalue weighted by molar-refractivity contribution is 7.07. The average Bonchev–Trinajstić information content (AvgIpc) is 3.24. The van der Waals surface area contributed by atoms with Crippen LogP contribution in [0.2, 0.25) is 0 Å². The van der Waals surface area contributed by atoms with Crippen molar-refractivity contribution in [2.24, 2.45) is 12.5 Å². The molecular formula is C19H25N3OS. The fourth-order valence-electron chi connectivity index (χ4n) is 4.20. The normalized spacial score (nSPS) is 23.1. The highest BCUT2D eigenvalue weighted by Gasteiger charge is 2.48. The van der Waals surface area contributed by atoms with E-state index in [1.165, 1.54) is 24.8 Å². The summed E-state index contributed by atoms with van der Waals surface area (Å²) in [6.07, 6.45) is 8.62. The lowest BCUT2D eigenvalue weighted by Crippen LogP contribution is -2.59. The van der Waals surface area contributed by atoms with Gasteiger partial charge in [-0.1, -0.05) is 0 Å². The first-order chi connectivity index (χ1) is 11.6. The van der Waals surface area contributed by atoms with Crippen molar-refractivity contribution < 1.29 is 4.79 Å². The van der Waals surface area contributed by atoms with Crippen LogP contribution in [-0.4, -0.2) is 34.5 Å². The molecule has 1 aliphatic heterocycles. The van der Waals surface area contributed by atoms with E-state index in [2.05, 4.69) is 27.0 Å². The Bertz CT molecular complexity index is 698. The molecule has 1 spiro atoms. The summed E-state index contributed by atoms with van der Waals surface area (Å²) in [6, 6.07) is 4.47. The summed E-state index contributed by atoms with van der Waals surface area (Å²) in [5.41, 5.74) is 2.54. The van der Waals surface area contributed by atoms with E-state index in [1.807, 2.05) is 30.1 Å². The second-order valence-electron chi connectivity index (χ2n) is 7.40. The van der Waals surface area contributed by atoms with Crippen molar-refractivity contribution in [3.63, 3.8) is 0 Å². The van der Waals surface area contributed by atoms with E-state index in [9.17, 15) is 4.79 Å². The second-order valence-corrected chi connectivity index (χ2v) is 8.18. The molecule has 2 aliphatic rings. The average molecular weight is 343 g/mol. The largest absolute Gasteiger partial charge is 0.356 e. The fraction of sp³-hybridized carbons (Fsp3) is 0.526. The number of amides is 1. The zero-order valence-corrected chi connectivity index (χ0v) is 15.0. The first kappa shape index (κ1) is 15.9. The Hall–Kier alpha value is -1.59. The Kier molecular flexibility index (Phi) is 4.22. The molecule has 4 nitrogen and oxygen atoms in total. The van der Waals surface area contributed by atoms with Crippen molar-refractivity contribution in [2.45, 2.75) is 38.3 Å². The third-order valence-electron chi connectivity index (χ3n) is 5.91. The molecule has 2 aromatic heterocycles. The lowest BCUT2D eigenvalue weighted by molar-refractivity contribution is -0.00707. The number of likely N-dealkylation sites (tertiary alicyclic amines) is 1. The van der Waals surface area contributed by atoms with Crippen molar-refractivity contribution in [3.05, 3.63) is 46.4 Å². The zero-order valence-electron chi connectivity index (χ0n) is 14.2. The van der Waals surface area contributed by atoms with Crippen LogP contribution >= 0.6 is 11.3 Å². The number of carbonyl (C=O) groups is 1. The van der Waals surface area contributed by atoms with Gasteiger partial charge in [0.05, 0.1) is 5.56 Å². The maximum atomic E-state index is 12.4. The molecule has 1 unspecified atom stereocenters. The Morgan fingerprint density at radius 2 is 2.17 bits per heavy atom. The number of carbonyl (C=O) groups excluding carboxylic acids is 1. The van der Waals surface area contributed by atoms with Crippen LogP contribution in [0.4, 0.5) is 0 Å². The first-order valence-corrected chi connectivity index (χ1v) is 9.75. The molecule has 2 aromatic rings. The summed E-state index contributed by atoms with van der Waals surface area (Å²) in [6.45, 7) is 3.36. The number of nitrogens with one attached hydrogen (secondary N) is 1. The summed E-state index contributed by atoms with van der Waals surface area (Å²) >= 11 is 1.77. The van der Waals surface area contributed by atoms with Crippen LogP contribution in [0.5, 0.6) is 0 Å². The number of thiophene rings is 1. The molecule has 1 saturated heterocycles. The molecule has 1 amide bonds. The molecule has 1 saturated carbocycles. The molecule has 1 aliphatic carbocycles. The number of aromatic nitrogens is 1. The van der Waals surface area contributed by atoms with E-state index in [0.29, 0.717) is 11.5 Å². The van der Waals surface area contributed by atoms with Crippen molar-refractivity contribution in [2.75, 3.05) is 13.1 Å². The van der Waals surface area contributed by atoms with Gasteiger partial charge in [0, 0.05) is 32.0 Å². The number of rotatable bonds is 4. The van der Waals surface area contributed by atoms with Gasteiger partial charge in [-0.15, -0.1) is 0 Å². The fourth-order valence-corrected chi connectivity index (χ4v) is 4.86. The summed E-state index contributed by atoms with van der Waals surface area (Å²) in [7, 11) is 1.95. The smallest absolute Gasteiger partial charge is 0.253 e. The van der Waals surface area contributed by atoms with E-state index in [-0.39, 0.29) is 5.91 Å². The van der Waals surface area contributed by atoms with Gasteiger partial charge in [-0.05, 0) is 72.6 Å². The third-order valence-corrected chi connectivity index (χ3v) is 6.64. The maximum absolute atomic E-state index is 12.4. The van der Waals surface area contributed by atoms with Crippen LogP contribution in [0.3, 0.4) is 0 Å². The number of aryl methyl sites for hydroxylation is 1. The minimum absolute atomic E-state index is 0.0837. The SMILES string of the molecule is Cn1ccc(C(=O)NC2CCC23CCN(Cc2ccsc2)CC3)c1. The molecule has 128 valence electrons. The molecule has 1 N–H and O–H groups in total. The number of hydrogen-bond donors (Lipinski definition) is 1. The molecule has 0 aromatic carbocycles. The van der Waals surface area contributed by atoms with Gasteiger partial charge in [0.25, 0.3) is 5.91 Å². The maximum Gasteiger partial charge on any atom is 0.253 e. The van der Waals surface area contributed by atoms with Gasteiger partial charge >= 0.3 is 0 Å². The predicted molar refractivity (Wildman–Crippen MR) is 97.2 cm³/mol. The molecule has 0 radical (unpaired) electrons. The van der Waals surface area contributed by atoms with Crippen LogP contribution in [0.15, 0.2) is 35.3 Å². The van der Waals surface area contributed by atoms with Crippen molar-refractivity contribution >= 4 is 17.2 Å². The minimum atomic E-state index is 0.0837. The van der Waals surface area contributed by atoms with Crippen molar-refractivity contribution in [1.82, 2.24) is 14.8 Å². The summed E-state index contributed by atoms with van der Waals surface area (Å²) in [5.74, 6) is 0.0837. The van der Waals surface area contributed by atoms with Gasteiger partial charge in [-0.25, -0.2) is 0 Å². The zero-order chi connectivity index (χ0) is 16.6. The monoisotopic (exact) mass is 343 g/mol. The quantitative estimate of drug-likeness (QED) is 0.925. The van der Waals surface area contributed by atoms with Gasteiger partial charge in [0.15, 0.2) is 0 Å².